The molecule has 0 atom stereocenters. The van der Waals surface area contributed by atoms with Crippen LogP contribution >= 0.6 is 0 Å². The molecule has 23 heavy (non-hydrogen) atoms. The number of benzene rings is 2. The highest BCUT2D eigenvalue weighted by Gasteiger charge is 2.17. The summed E-state index contributed by atoms with van der Waals surface area (Å²) in [6.45, 7) is 0.723. The van der Waals surface area contributed by atoms with E-state index in [1.54, 1.807) is 12.3 Å². The van der Waals surface area contributed by atoms with E-state index in [4.69, 9.17) is 5.73 Å². The van der Waals surface area contributed by atoms with Crippen LogP contribution in [-0.4, -0.2) is 15.7 Å². The average Bonchev–Trinajstić information content (AvgIpc) is 2.99. The fourth-order valence-electron chi connectivity index (χ4n) is 2.70. The minimum atomic E-state index is 0.252. The van der Waals surface area contributed by atoms with Gasteiger partial charge < -0.3 is 11.1 Å². The van der Waals surface area contributed by atoms with Crippen LogP contribution in [0.5, 0.6) is 0 Å². The third-order valence-electron chi connectivity index (χ3n) is 3.77. The fraction of sp³-hybridized carbons (Fsp3) is 0.0556. The van der Waals surface area contributed by atoms with Gasteiger partial charge in [-0.2, -0.15) is 4.98 Å². The number of nitrogens with one attached hydrogen (secondary N) is 1. The first-order valence-electron chi connectivity index (χ1n) is 7.38. The third-order valence-corrected chi connectivity index (χ3v) is 3.77. The highest BCUT2D eigenvalue weighted by molar-refractivity contribution is 6.15. The van der Waals surface area contributed by atoms with Crippen molar-refractivity contribution in [1.82, 2.24) is 9.97 Å². The molecule has 1 aromatic heterocycles. The molecule has 0 spiro atoms. The zero-order valence-electron chi connectivity index (χ0n) is 12.4. The highest BCUT2D eigenvalue weighted by atomic mass is 15.1. The smallest absolute Gasteiger partial charge is 0.221 e. The Kier molecular flexibility index (Phi) is 3.24. The van der Waals surface area contributed by atoms with E-state index >= 15 is 0 Å². The molecule has 0 fully saturated rings. The number of hydrogen-bond donors (Lipinski definition) is 2. The normalized spacial score (nSPS) is 12.6. The maximum Gasteiger partial charge on any atom is 0.221 e. The standard InChI is InChI=1S/C18H15N5/c19-18-20-9-8-16(23-18)22-14-7-6-13-11-21-17(15(13)10-14)12-4-2-1-3-5-12/h1-10H,11H2,(H3,19,20,22,23). The molecule has 4 rings (SSSR count). The Bertz CT molecular complexity index is 887. The van der Waals surface area contributed by atoms with Crippen molar-refractivity contribution in [2.75, 3.05) is 11.1 Å². The summed E-state index contributed by atoms with van der Waals surface area (Å²) in [5.41, 5.74) is 11.1. The topological polar surface area (TPSA) is 76.2 Å². The fourth-order valence-corrected chi connectivity index (χ4v) is 2.70. The summed E-state index contributed by atoms with van der Waals surface area (Å²) in [6, 6.07) is 18.3. The van der Waals surface area contributed by atoms with Crippen molar-refractivity contribution in [3.63, 3.8) is 0 Å². The molecule has 3 N–H and O–H groups in total. The number of rotatable bonds is 3. The van der Waals surface area contributed by atoms with Gasteiger partial charge in [0.05, 0.1) is 12.3 Å². The molecule has 0 aliphatic carbocycles. The van der Waals surface area contributed by atoms with E-state index in [1.807, 2.05) is 24.3 Å². The molecule has 0 unspecified atom stereocenters. The van der Waals surface area contributed by atoms with Gasteiger partial charge in [0.1, 0.15) is 5.82 Å². The summed E-state index contributed by atoms with van der Waals surface area (Å²) in [7, 11) is 0. The van der Waals surface area contributed by atoms with Crippen molar-refractivity contribution in [1.29, 1.82) is 0 Å². The Morgan fingerprint density at radius 2 is 1.87 bits per heavy atom. The zero-order chi connectivity index (χ0) is 15.6. The van der Waals surface area contributed by atoms with Crippen LogP contribution in [0.2, 0.25) is 0 Å². The predicted molar refractivity (Wildman–Crippen MR) is 92.0 cm³/mol. The Labute approximate surface area is 133 Å². The maximum absolute atomic E-state index is 5.62. The molecule has 2 heterocycles. The molecule has 1 aliphatic heterocycles. The molecular formula is C18H15N5. The van der Waals surface area contributed by atoms with E-state index in [0.717, 1.165) is 29.1 Å². The number of nitrogen functional groups attached to an aromatic ring is 1. The van der Waals surface area contributed by atoms with E-state index in [1.165, 1.54) is 5.56 Å². The van der Waals surface area contributed by atoms with E-state index in [9.17, 15) is 0 Å². The summed E-state index contributed by atoms with van der Waals surface area (Å²) < 4.78 is 0. The van der Waals surface area contributed by atoms with E-state index in [0.29, 0.717) is 5.82 Å². The van der Waals surface area contributed by atoms with Gasteiger partial charge in [0.15, 0.2) is 0 Å². The van der Waals surface area contributed by atoms with Gasteiger partial charge in [-0.1, -0.05) is 36.4 Å². The number of aliphatic imine (C=N–C) groups is 1. The monoisotopic (exact) mass is 301 g/mol. The number of aromatic nitrogens is 2. The second kappa shape index (κ2) is 5.53. The summed E-state index contributed by atoms with van der Waals surface area (Å²) in [4.78, 5) is 12.7. The van der Waals surface area contributed by atoms with Crippen molar-refractivity contribution in [3.05, 3.63) is 77.5 Å². The summed E-state index contributed by atoms with van der Waals surface area (Å²) >= 11 is 0. The summed E-state index contributed by atoms with van der Waals surface area (Å²) in [5.74, 6) is 0.927. The number of nitrogens with two attached hydrogens (primary N) is 1. The largest absolute Gasteiger partial charge is 0.368 e. The lowest BCUT2D eigenvalue weighted by Gasteiger charge is -2.09. The maximum atomic E-state index is 5.62. The van der Waals surface area contributed by atoms with Crippen LogP contribution in [0.4, 0.5) is 17.5 Å². The molecule has 112 valence electrons. The van der Waals surface area contributed by atoms with Crippen molar-refractivity contribution < 1.29 is 0 Å². The first-order chi connectivity index (χ1) is 11.3. The molecule has 0 saturated carbocycles. The van der Waals surface area contributed by atoms with Crippen LogP contribution in [0.15, 0.2) is 65.8 Å². The van der Waals surface area contributed by atoms with Gasteiger partial charge >= 0.3 is 0 Å². The van der Waals surface area contributed by atoms with Gasteiger partial charge in [0.25, 0.3) is 0 Å². The number of fused-ring (bicyclic) bond motifs is 1. The first-order valence-corrected chi connectivity index (χ1v) is 7.38. The van der Waals surface area contributed by atoms with Gasteiger partial charge in [-0.05, 0) is 23.8 Å². The second-order valence-corrected chi connectivity index (χ2v) is 5.33. The van der Waals surface area contributed by atoms with Gasteiger partial charge in [-0.25, -0.2) is 4.98 Å². The summed E-state index contributed by atoms with van der Waals surface area (Å²) in [6.07, 6.45) is 1.63. The minimum Gasteiger partial charge on any atom is -0.368 e. The van der Waals surface area contributed by atoms with Crippen molar-refractivity contribution in [2.45, 2.75) is 6.54 Å². The van der Waals surface area contributed by atoms with Crippen LogP contribution in [0.25, 0.3) is 0 Å². The lowest BCUT2D eigenvalue weighted by Crippen LogP contribution is -2.03. The molecule has 0 radical (unpaired) electrons. The average molecular weight is 301 g/mol. The molecule has 1 aliphatic rings. The van der Waals surface area contributed by atoms with E-state index in [2.05, 4.69) is 44.5 Å². The Morgan fingerprint density at radius 3 is 2.70 bits per heavy atom. The van der Waals surface area contributed by atoms with Crippen molar-refractivity contribution in [2.24, 2.45) is 4.99 Å². The Morgan fingerprint density at radius 1 is 1.00 bits per heavy atom. The highest BCUT2D eigenvalue weighted by Crippen LogP contribution is 2.27. The second-order valence-electron chi connectivity index (χ2n) is 5.33. The molecule has 0 saturated heterocycles. The van der Waals surface area contributed by atoms with Crippen molar-refractivity contribution >= 4 is 23.2 Å². The van der Waals surface area contributed by atoms with Gasteiger partial charge in [-0.15, -0.1) is 0 Å². The van der Waals surface area contributed by atoms with E-state index in [-0.39, 0.29) is 5.95 Å². The molecule has 5 heteroatoms. The SMILES string of the molecule is Nc1nccc(Nc2ccc3c(c2)C(c2ccccc2)=NC3)n1. The van der Waals surface area contributed by atoms with Crippen LogP contribution in [0.3, 0.4) is 0 Å². The van der Waals surface area contributed by atoms with Crippen LogP contribution < -0.4 is 11.1 Å². The molecule has 0 bridgehead atoms. The molecule has 0 amide bonds. The third kappa shape index (κ3) is 2.64. The summed E-state index contributed by atoms with van der Waals surface area (Å²) in [5, 5.41) is 3.26. The van der Waals surface area contributed by atoms with Gasteiger partial charge in [0.2, 0.25) is 5.95 Å². The first kappa shape index (κ1) is 13.5. The molecule has 5 nitrogen and oxygen atoms in total. The zero-order valence-corrected chi connectivity index (χ0v) is 12.4. The molecular weight excluding hydrogens is 286 g/mol. The lowest BCUT2D eigenvalue weighted by molar-refractivity contribution is 1.11. The number of nitrogens with zero attached hydrogens (tertiary/aromatic N) is 3. The van der Waals surface area contributed by atoms with Crippen LogP contribution in [0, 0.1) is 0 Å². The number of anilines is 3. The van der Waals surface area contributed by atoms with Crippen LogP contribution in [0.1, 0.15) is 16.7 Å². The molecule has 3 aromatic rings. The minimum absolute atomic E-state index is 0.252. The quantitative estimate of drug-likeness (QED) is 0.779. The lowest BCUT2D eigenvalue weighted by atomic mass is 9.99. The van der Waals surface area contributed by atoms with Gasteiger partial charge in [0, 0.05) is 23.0 Å². The van der Waals surface area contributed by atoms with Crippen LogP contribution in [-0.2, 0) is 6.54 Å². The Balaban J connectivity index is 1.67. The van der Waals surface area contributed by atoms with E-state index < -0.39 is 0 Å². The van der Waals surface area contributed by atoms with Gasteiger partial charge in [-0.3, -0.25) is 4.99 Å². The number of hydrogen-bond acceptors (Lipinski definition) is 5. The van der Waals surface area contributed by atoms with Crippen molar-refractivity contribution in [3.8, 4) is 0 Å². The molecule has 2 aromatic carbocycles. The predicted octanol–water partition coefficient (Wildman–Crippen LogP) is 3.15. The Hall–Kier alpha value is -3.21.